The van der Waals surface area contributed by atoms with Crippen LogP contribution in [-0.4, -0.2) is 29.7 Å². The molecule has 0 aliphatic rings. The highest BCUT2D eigenvalue weighted by Gasteiger charge is 2.15. The van der Waals surface area contributed by atoms with Gasteiger partial charge in [0, 0.05) is 5.92 Å². The van der Waals surface area contributed by atoms with E-state index in [1.165, 1.54) is 12.1 Å². The molecule has 0 saturated heterocycles. The first-order valence-corrected chi connectivity index (χ1v) is 9.53. The first kappa shape index (κ1) is 18.6. The normalized spacial score (nSPS) is 12.3. The molecule has 24 heavy (non-hydrogen) atoms. The van der Waals surface area contributed by atoms with Crippen LogP contribution in [0.5, 0.6) is 0 Å². The molecule has 0 aliphatic carbocycles. The number of sulfonamides is 1. The molecule has 0 saturated carbocycles. The smallest absolute Gasteiger partial charge is 0.238 e. The van der Waals surface area contributed by atoms with E-state index in [4.69, 9.17) is 5.14 Å². The lowest BCUT2D eigenvalue weighted by molar-refractivity contribution is 0.542. The minimum Gasteiger partial charge on any atom is -0.310 e. The van der Waals surface area contributed by atoms with Crippen LogP contribution in [0.3, 0.4) is 0 Å². The quantitative estimate of drug-likeness (QED) is 0.791. The highest BCUT2D eigenvalue weighted by molar-refractivity contribution is 7.89. The van der Waals surface area contributed by atoms with Crippen LogP contribution in [-0.2, 0) is 16.6 Å². The van der Waals surface area contributed by atoms with Crippen LogP contribution in [0.15, 0.2) is 29.2 Å². The molecule has 3 N–H and O–H groups in total. The topological polar surface area (TPSA) is 103 Å². The molecule has 0 bridgehead atoms. The summed E-state index contributed by atoms with van der Waals surface area (Å²) in [5, 5.41) is 13.0. The zero-order valence-electron chi connectivity index (χ0n) is 14.5. The minimum atomic E-state index is -3.70. The Bertz CT molecular complexity index is 779. The zero-order chi connectivity index (χ0) is 17.9. The summed E-state index contributed by atoms with van der Waals surface area (Å²) in [5.74, 6) is 2.30. The van der Waals surface area contributed by atoms with Crippen molar-refractivity contribution in [1.82, 2.24) is 20.1 Å². The Labute approximate surface area is 143 Å². The van der Waals surface area contributed by atoms with E-state index in [9.17, 15) is 8.42 Å². The predicted octanol–water partition coefficient (Wildman–Crippen LogP) is 1.78. The van der Waals surface area contributed by atoms with E-state index in [0.29, 0.717) is 12.5 Å². The van der Waals surface area contributed by atoms with Gasteiger partial charge in [-0.25, -0.2) is 23.2 Å². The third kappa shape index (κ3) is 4.62. The van der Waals surface area contributed by atoms with Gasteiger partial charge in [0.2, 0.25) is 10.0 Å². The molecule has 1 aromatic carbocycles. The number of nitrogens with one attached hydrogen (secondary N) is 1. The Balaban J connectivity index is 2.29. The Hall–Kier alpha value is -1.77. The molecular formula is C16H25N5O2S. The lowest BCUT2D eigenvalue weighted by atomic mass is 10.2. The summed E-state index contributed by atoms with van der Waals surface area (Å²) in [6.45, 7) is 9.88. The molecule has 0 unspecified atom stereocenters. The van der Waals surface area contributed by atoms with E-state index in [1.54, 1.807) is 16.8 Å². The van der Waals surface area contributed by atoms with Gasteiger partial charge in [0.25, 0.3) is 0 Å². The van der Waals surface area contributed by atoms with Crippen LogP contribution in [0.4, 0.5) is 0 Å². The maximum absolute atomic E-state index is 11.4. The van der Waals surface area contributed by atoms with Crippen molar-refractivity contribution in [3.05, 3.63) is 35.9 Å². The summed E-state index contributed by atoms with van der Waals surface area (Å²) >= 11 is 0. The Kier molecular flexibility index (Phi) is 5.74. The second kappa shape index (κ2) is 7.42. The molecule has 1 heterocycles. The number of aromatic nitrogens is 3. The van der Waals surface area contributed by atoms with Gasteiger partial charge in [-0.05, 0) is 36.7 Å². The van der Waals surface area contributed by atoms with Crippen molar-refractivity contribution in [1.29, 1.82) is 0 Å². The number of rotatable bonds is 7. The van der Waals surface area contributed by atoms with Crippen LogP contribution >= 0.6 is 0 Å². The molecular weight excluding hydrogens is 326 g/mol. The van der Waals surface area contributed by atoms with E-state index < -0.39 is 10.0 Å². The van der Waals surface area contributed by atoms with Crippen LogP contribution in [0.25, 0.3) is 5.69 Å². The summed E-state index contributed by atoms with van der Waals surface area (Å²) in [7, 11) is -3.70. The fraction of sp³-hybridized carbons (Fsp3) is 0.500. The van der Waals surface area contributed by atoms with E-state index in [-0.39, 0.29) is 10.8 Å². The molecule has 0 spiro atoms. The van der Waals surface area contributed by atoms with E-state index in [1.807, 2.05) is 13.8 Å². The maximum atomic E-state index is 11.4. The number of hydrogen-bond donors (Lipinski definition) is 2. The summed E-state index contributed by atoms with van der Waals surface area (Å²) < 4.78 is 24.5. The average molecular weight is 351 g/mol. The number of nitrogens with zero attached hydrogens (tertiary/aromatic N) is 3. The molecule has 132 valence electrons. The highest BCUT2D eigenvalue weighted by Crippen LogP contribution is 2.19. The molecule has 2 rings (SSSR count). The number of benzene rings is 1. The van der Waals surface area contributed by atoms with E-state index >= 15 is 0 Å². The summed E-state index contributed by atoms with van der Waals surface area (Å²) in [5.41, 5.74) is 0.758. The Morgan fingerprint density at radius 2 is 1.79 bits per heavy atom. The van der Waals surface area contributed by atoms with Gasteiger partial charge in [0.15, 0.2) is 5.82 Å². The van der Waals surface area contributed by atoms with Crippen molar-refractivity contribution in [2.75, 3.05) is 6.54 Å². The molecule has 0 amide bonds. The summed E-state index contributed by atoms with van der Waals surface area (Å²) in [4.78, 5) is 4.68. The third-order valence-electron chi connectivity index (χ3n) is 3.44. The van der Waals surface area contributed by atoms with Crippen molar-refractivity contribution in [2.45, 2.75) is 45.1 Å². The number of hydrogen-bond acceptors (Lipinski definition) is 5. The Morgan fingerprint density at radius 1 is 1.17 bits per heavy atom. The zero-order valence-corrected chi connectivity index (χ0v) is 15.3. The molecule has 8 heteroatoms. The van der Waals surface area contributed by atoms with Crippen molar-refractivity contribution < 1.29 is 8.42 Å². The van der Waals surface area contributed by atoms with Crippen LogP contribution < -0.4 is 10.5 Å². The molecule has 2 aromatic rings. The van der Waals surface area contributed by atoms with Gasteiger partial charge in [0.05, 0.1) is 17.1 Å². The molecule has 0 fully saturated rings. The van der Waals surface area contributed by atoms with Crippen molar-refractivity contribution >= 4 is 10.0 Å². The lowest BCUT2D eigenvalue weighted by Crippen LogP contribution is -2.19. The SMILES string of the molecule is CC(C)CNCc1nc(C(C)C)n(-c2ccc(S(N)(=O)=O)cc2)n1. The van der Waals surface area contributed by atoms with Gasteiger partial charge in [-0.3, -0.25) is 0 Å². The first-order chi connectivity index (χ1) is 11.2. The van der Waals surface area contributed by atoms with Crippen molar-refractivity contribution in [3.63, 3.8) is 0 Å². The molecule has 0 aliphatic heterocycles. The molecule has 0 radical (unpaired) electrons. The maximum Gasteiger partial charge on any atom is 0.238 e. The molecule has 7 nitrogen and oxygen atoms in total. The van der Waals surface area contributed by atoms with Crippen molar-refractivity contribution in [2.24, 2.45) is 11.1 Å². The van der Waals surface area contributed by atoms with Crippen LogP contribution in [0.1, 0.15) is 45.3 Å². The lowest BCUT2D eigenvalue weighted by Gasteiger charge is -2.08. The molecule has 1 aromatic heterocycles. The second-order valence-corrected chi connectivity index (χ2v) is 8.08. The number of nitrogens with two attached hydrogens (primary N) is 1. The Morgan fingerprint density at radius 3 is 2.29 bits per heavy atom. The first-order valence-electron chi connectivity index (χ1n) is 7.98. The van der Waals surface area contributed by atoms with Gasteiger partial charge in [-0.1, -0.05) is 27.7 Å². The fourth-order valence-electron chi connectivity index (χ4n) is 2.26. The van der Waals surface area contributed by atoms with Gasteiger partial charge < -0.3 is 5.32 Å². The second-order valence-electron chi connectivity index (χ2n) is 6.52. The summed E-state index contributed by atoms with van der Waals surface area (Å²) in [6, 6.07) is 6.33. The standard InChI is InChI=1S/C16H25N5O2S/c1-11(2)9-18-10-15-19-16(12(3)4)21(20-15)13-5-7-14(8-6-13)24(17,22)23/h5-8,11-12,18H,9-10H2,1-4H3,(H2,17,22,23). The largest absolute Gasteiger partial charge is 0.310 e. The highest BCUT2D eigenvalue weighted by atomic mass is 32.2. The van der Waals surface area contributed by atoms with Crippen LogP contribution in [0, 0.1) is 5.92 Å². The van der Waals surface area contributed by atoms with Gasteiger partial charge in [0.1, 0.15) is 5.82 Å². The van der Waals surface area contributed by atoms with Crippen molar-refractivity contribution in [3.8, 4) is 5.69 Å². The monoisotopic (exact) mass is 351 g/mol. The molecule has 0 atom stereocenters. The average Bonchev–Trinajstić information content (AvgIpc) is 2.90. The fourth-order valence-corrected chi connectivity index (χ4v) is 2.77. The van der Waals surface area contributed by atoms with Gasteiger partial charge in [-0.15, -0.1) is 5.10 Å². The predicted molar refractivity (Wildman–Crippen MR) is 93.4 cm³/mol. The minimum absolute atomic E-state index is 0.0799. The van der Waals surface area contributed by atoms with Gasteiger partial charge >= 0.3 is 0 Å². The van der Waals surface area contributed by atoms with E-state index in [2.05, 4.69) is 29.2 Å². The number of primary sulfonamides is 1. The third-order valence-corrected chi connectivity index (χ3v) is 4.37. The van der Waals surface area contributed by atoms with Gasteiger partial charge in [-0.2, -0.15) is 0 Å². The summed E-state index contributed by atoms with van der Waals surface area (Å²) in [6.07, 6.45) is 0. The van der Waals surface area contributed by atoms with E-state index in [0.717, 1.165) is 23.9 Å². The van der Waals surface area contributed by atoms with Crippen LogP contribution in [0.2, 0.25) is 0 Å².